The van der Waals surface area contributed by atoms with Crippen molar-refractivity contribution in [2.75, 3.05) is 6.61 Å². The van der Waals surface area contributed by atoms with Crippen molar-refractivity contribution in [2.24, 2.45) is 5.92 Å². The Morgan fingerprint density at radius 1 is 1.33 bits per heavy atom. The number of rotatable bonds is 5. The second-order valence-corrected chi connectivity index (χ2v) is 5.16. The fourth-order valence-corrected chi connectivity index (χ4v) is 1.37. The highest BCUT2D eigenvalue weighted by molar-refractivity contribution is 5.35. The monoisotopic (exact) mass is 256 g/mol. The van der Waals surface area contributed by atoms with Crippen molar-refractivity contribution in [1.82, 2.24) is 0 Å². The molecule has 1 rings (SSSR count). The van der Waals surface area contributed by atoms with Crippen molar-refractivity contribution in [3.8, 4) is 5.75 Å². The van der Waals surface area contributed by atoms with Gasteiger partial charge in [-0.15, -0.1) is 0 Å². The average Bonchev–Trinajstić information content (AvgIpc) is 2.26. The molecule has 4 heteroatoms. The van der Waals surface area contributed by atoms with Crippen LogP contribution in [-0.2, 0) is 0 Å². The Morgan fingerprint density at radius 3 is 2.44 bits per heavy atom. The first-order chi connectivity index (χ1) is 8.24. The lowest BCUT2D eigenvalue weighted by molar-refractivity contribution is -0.0274. The van der Waals surface area contributed by atoms with Crippen LogP contribution in [-0.4, -0.2) is 22.4 Å². The molecule has 0 heterocycles. The zero-order valence-electron chi connectivity index (χ0n) is 11.3. The Kier molecular flexibility index (Phi) is 4.71. The number of benzene rings is 1. The Balaban J connectivity index is 2.87. The van der Waals surface area contributed by atoms with Gasteiger partial charge in [-0.2, -0.15) is 0 Å². The van der Waals surface area contributed by atoms with Gasteiger partial charge in [0.2, 0.25) is 0 Å². The van der Waals surface area contributed by atoms with Crippen LogP contribution in [0.15, 0.2) is 18.2 Å². The van der Waals surface area contributed by atoms with Crippen molar-refractivity contribution in [1.29, 1.82) is 0 Å². The van der Waals surface area contributed by atoms with E-state index in [1.165, 1.54) is 18.2 Å². The molecule has 2 N–H and O–H groups in total. The molecule has 102 valence electrons. The van der Waals surface area contributed by atoms with E-state index in [1.807, 2.05) is 13.8 Å². The Bertz CT molecular complexity index is 400. The first kappa shape index (κ1) is 14.9. The molecular weight excluding hydrogens is 235 g/mol. The van der Waals surface area contributed by atoms with Gasteiger partial charge in [0, 0.05) is 11.6 Å². The number of aliphatic hydroxyl groups excluding tert-OH is 1. The molecule has 0 amide bonds. The summed E-state index contributed by atoms with van der Waals surface area (Å²) in [6.07, 6.45) is -0.746. The van der Waals surface area contributed by atoms with Gasteiger partial charge in [-0.3, -0.25) is 0 Å². The molecular formula is C14H21FO3. The maximum atomic E-state index is 13.2. The lowest BCUT2D eigenvalue weighted by atomic mass is 9.94. The van der Waals surface area contributed by atoms with Crippen LogP contribution < -0.4 is 4.74 Å². The van der Waals surface area contributed by atoms with Gasteiger partial charge in [0.25, 0.3) is 0 Å². The van der Waals surface area contributed by atoms with E-state index >= 15 is 0 Å². The zero-order valence-corrected chi connectivity index (χ0v) is 11.3. The Hall–Kier alpha value is -1.13. The van der Waals surface area contributed by atoms with Crippen LogP contribution in [0.5, 0.6) is 5.75 Å². The third kappa shape index (κ3) is 3.68. The SMILES string of the molecule is CC(O)c1ccc(F)cc1OCC(C)(O)C(C)C. The Morgan fingerprint density at radius 2 is 1.94 bits per heavy atom. The summed E-state index contributed by atoms with van der Waals surface area (Å²) in [7, 11) is 0. The summed E-state index contributed by atoms with van der Waals surface area (Å²) < 4.78 is 18.6. The molecule has 0 radical (unpaired) electrons. The topological polar surface area (TPSA) is 49.7 Å². The summed E-state index contributed by atoms with van der Waals surface area (Å²) in [4.78, 5) is 0. The molecule has 0 saturated heterocycles. The largest absolute Gasteiger partial charge is 0.490 e. The highest BCUT2D eigenvalue weighted by atomic mass is 19.1. The van der Waals surface area contributed by atoms with Crippen LogP contribution >= 0.6 is 0 Å². The quantitative estimate of drug-likeness (QED) is 0.851. The predicted octanol–water partition coefficient (Wildman–Crippen LogP) is 2.66. The third-order valence-corrected chi connectivity index (χ3v) is 3.19. The van der Waals surface area contributed by atoms with Crippen molar-refractivity contribution in [2.45, 2.75) is 39.4 Å². The molecule has 3 nitrogen and oxygen atoms in total. The average molecular weight is 256 g/mol. The summed E-state index contributed by atoms with van der Waals surface area (Å²) in [5.41, 5.74) is -0.488. The standard InChI is InChI=1S/C14H21FO3/c1-9(2)14(4,17)8-18-13-7-11(15)5-6-12(13)10(3)16/h5-7,9-10,16-17H,8H2,1-4H3. The number of aliphatic hydroxyl groups is 2. The highest BCUT2D eigenvalue weighted by Gasteiger charge is 2.26. The smallest absolute Gasteiger partial charge is 0.128 e. The molecule has 0 fully saturated rings. The van der Waals surface area contributed by atoms with Gasteiger partial charge < -0.3 is 14.9 Å². The van der Waals surface area contributed by atoms with Crippen molar-refractivity contribution in [3.05, 3.63) is 29.6 Å². The molecule has 18 heavy (non-hydrogen) atoms. The number of halogens is 1. The van der Waals surface area contributed by atoms with E-state index in [0.29, 0.717) is 5.56 Å². The van der Waals surface area contributed by atoms with E-state index < -0.39 is 17.5 Å². The summed E-state index contributed by atoms with van der Waals surface area (Å²) in [5, 5.41) is 19.6. The van der Waals surface area contributed by atoms with Crippen LogP contribution in [0.4, 0.5) is 4.39 Å². The molecule has 0 aromatic heterocycles. The van der Waals surface area contributed by atoms with E-state index in [9.17, 15) is 14.6 Å². The van der Waals surface area contributed by atoms with Crippen LogP contribution in [0.25, 0.3) is 0 Å². The number of hydrogen-bond acceptors (Lipinski definition) is 3. The molecule has 0 saturated carbocycles. The van der Waals surface area contributed by atoms with Gasteiger partial charge in [-0.1, -0.05) is 13.8 Å². The zero-order chi connectivity index (χ0) is 13.9. The van der Waals surface area contributed by atoms with Gasteiger partial charge in [0.1, 0.15) is 18.2 Å². The van der Waals surface area contributed by atoms with Crippen LogP contribution in [0, 0.1) is 11.7 Å². The van der Waals surface area contributed by atoms with Crippen molar-refractivity contribution in [3.63, 3.8) is 0 Å². The summed E-state index contributed by atoms with van der Waals surface area (Å²) in [6.45, 7) is 7.06. The van der Waals surface area contributed by atoms with Gasteiger partial charge >= 0.3 is 0 Å². The second-order valence-electron chi connectivity index (χ2n) is 5.16. The minimum Gasteiger partial charge on any atom is -0.490 e. The first-order valence-corrected chi connectivity index (χ1v) is 6.06. The molecule has 0 bridgehead atoms. The Labute approximate surface area is 107 Å². The molecule has 2 unspecified atom stereocenters. The third-order valence-electron chi connectivity index (χ3n) is 3.19. The fraction of sp³-hybridized carbons (Fsp3) is 0.571. The lowest BCUT2D eigenvalue weighted by Crippen LogP contribution is -2.38. The summed E-state index contributed by atoms with van der Waals surface area (Å²) in [6, 6.07) is 3.98. The fourth-order valence-electron chi connectivity index (χ4n) is 1.37. The van der Waals surface area contributed by atoms with E-state index in [-0.39, 0.29) is 18.3 Å². The van der Waals surface area contributed by atoms with Crippen molar-refractivity contribution < 1.29 is 19.3 Å². The maximum absolute atomic E-state index is 13.2. The molecule has 0 spiro atoms. The van der Waals surface area contributed by atoms with E-state index in [2.05, 4.69) is 0 Å². The van der Waals surface area contributed by atoms with E-state index in [0.717, 1.165) is 0 Å². The normalized spacial score (nSPS) is 16.4. The summed E-state index contributed by atoms with van der Waals surface area (Å²) in [5.74, 6) is -0.148. The van der Waals surface area contributed by atoms with Crippen LogP contribution in [0.3, 0.4) is 0 Å². The minimum atomic E-state index is -0.998. The van der Waals surface area contributed by atoms with Gasteiger partial charge in [0.15, 0.2) is 0 Å². The minimum absolute atomic E-state index is 0.0149. The lowest BCUT2D eigenvalue weighted by Gasteiger charge is -2.28. The molecule has 1 aromatic carbocycles. The van der Waals surface area contributed by atoms with E-state index in [4.69, 9.17) is 4.74 Å². The second kappa shape index (κ2) is 5.67. The first-order valence-electron chi connectivity index (χ1n) is 6.06. The predicted molar refractivity (Wildman–Crippen MR) is 68.0 cm³/mol. The number of hydrogen-bond donors (Lipinski definition) is 2. The molecule has 1 aromatic rings. The maximum Gasteiger partial charge on any atom is 0.128 e. The molecule has 0 aliphatic heterocycles. The molecule has 0 aliphatic carbocycles. The molecule has 2 atom stereocenters. The molecule has 0 aliphatic rings. The summed E-state index contributed by atoms with van der Waals surface area (Å²) >= 11 is 0. The van der Waals surface area contributed by atoms with Crippen LogP contribution in [0.1, 0.15) is 39.4 Å². The van der Waals surface area contributed by atoms with Crippen molar-refractivity contribution >= 4 is 0 Å². The van der Waals surface area contributed by atoms with Gasteiger partial charge in [-0.05, 0) is 31.9 Å². The van der Waals surface area contributed by atoms with Gasteiger partial charge in [-0.25, -0.2) is 4.39 Å². The highest BCUT2D eigenvalue weighted by Crippen LogP contribution is 2.27. The van der Waals surface area contributed by atoms with Gasteiger partial charge in [0.05, 0.1) is 11.7 Å². The number of ether oxygens (including phenoxy) is 1. The van der Waals surface area contributed by atoms with Crippen LogP contribution in [0.2, 0.25) is 0 Å². The van der Waals surface area contributed by atoms with E-state index in [1.54, 1.807) is 13.8 Å².